The first-order chi connectivity index (χ1) is 8.29. The minimum Gasteiger partial charge on any atom is -0.393 e. The van der Waals surface area contributed by atoms with Gasteiger partial charge in [-0.05, 0) is 36.3 Å². The zero-order chi connectivity index (χ0) is 13.6. The Labute approximate surface area is 108 Å². The highest BCUT2D eigenvalue weighted by Crippen LogP contribution is 2.50. The maximum absolute atomic E-state index is 11.6. The summed E-state index contributed by atoms with van der Waals surface area (Å²) >= 11 is 0. The normalized spacial score (nSPS) is 38.9. The first-order valence-corrected chi connectivity index (χ1v) is 6.56. The molecule has 2 aliphatic carbocycles. The van der Waals surface area contributed by atoms with Gasteiger partial charge in [-0.25, -0.2) is 0 Å². The summed E-state index contributed by atoms with van der Waals surface area (Å²) in [7, 11) is 0. The predicted octanol–water partition coefficient (Wildman–Crippen LogP) is 1.85. The van der Waals surface area contributed by atoms with E-state index in [-0.39, 0.29) is 29.6 Å². The van der Waals surface area contributed by atoms with Crippen LogP contribution in [0.3, 0.4) is 0 Å². The van der Waals surface area contributed by atoms with Crippen molar-refractivity contribution < 1.29 is 15.0 Å². The van der Waals surface area contributed by atoms with Crippen molar-refractivity contribution in [2.75, 3.05) is 6.61 Å². The molecule has 0 spiro atoms. The van der Waals surface area contributed by atoms with Crippen LogP contribution >= 0.6 is 0 Å². The number of rotatable bonds is 2. The lowest BCUT2D eigenvalue weighted by Crippen LogP contribution is -2.45. The van der Waals surface area contributed by atoms with Gasteiger partial charge in [0.1, 0.15) is 0 Å². The Hall–Kier alpha value is -0.930. The molecule has 0 aromatic heterocycles. The Kier molecular flexibility index (Phi) is 3.24. The summed E-state index contributed by atoms with van der Waals surface area (Å²) in [6.07, 6.45) is 6.96. The number of hydrogen-bond donors (Lipinski definition) is 2. The number of ketones is 1. The van der Waals surface area contributed by atoms with Gasteiger partial charge in [0.15, 0.2) is 5.78 Å². The van der Waals surface area contributed by atoms with E-state index in [1.54, 1.807) is 13.0 Å². The van der Waals surface area contributed by atoms with Crippen LogP contribution in [0, 0.1) is 17.3 Å². The molecule has 2 rings (SSSR count). The molecule has 0 bridgehead atoms. The molecule has 100 valence electrons. The standard InChI is InChI=1S/C15H22O3/c1-10-6-13(17)7-11-4-5-12(8-14(10,11)2)15(3,18)9-16/h4-5,7,10,12,16,18H,6,8-9H2,1-3H3/t10-,12-,14+,15?/m1/s1. The second kappa shape index (κ2) is 4.32. The molecule has 0 aromatic carbocycles. The minimum absolute atomic E-state index is 0.0692. The molecule has 3 nitrogen and oxygen atoms in total. The third-order valence-corrected chi connectivity index (χ3v) is 4.84. The van der Waals surface area contributed by atoms with Gasteiger partial charge in [-0.1, -0.05) is 26.0 Å². The predicted molar refractivity (Wildman–Crippen MR) is 69.9 cm³/mol. The van der Waals surface area contributed by atoms with Gasteiger partial charge in [0.25, 0.3) is 0 Å². The van der Waals surface area contributed by atoms with Crippen molar-refractivity contribution in [2.24, 2.45) is 17.3 Å². The van der Waals surface area contributed by atoms with E-state index in [0.29, 0.717) is 6.42 Å². The van der Waals surface area contributed by atoms with Gasteiger partial charge in [0.2, 0.25) is 0 Å². The highest BCUT2D eigenvalue weighted by molar-refractivity contribution is 5.92. The Bertz CT molecular complexity index is 419. The Morgan fingerprint density at radius 3 is 2.83 bits per heavy atom. The molecule has 2 N–H and O–H groups in total. The van der Waals surface area contributed by atoms with Crippen molar-refractivity contribution in [1.82, 2.24) is 0 Å². The van der Waals surface area contributed by atoms with Crippen LogP contribution in [0.2, 0.25) is 0 Å². The molecule has 1 unspecified atom stereocenters. The van der Waals surface area contributed by atoms with E-state index in [4.69, 9.17) is 0 Å². The monoisotopic (exact) mass is 250 g/mol. The highest BCUT2D eigenvalue weighted by Gasteiger charge is 2.45. The lowest BCUT2D eigenvalue weighted by Gasteiger charge is -2.46. The summed E-state index contributed by atoms with van der Waals surface area (Å²) in [4.78, 5) is 11.6. The van der Waals surface area contributed by atoms with Crippen molar-refractivity contribution in [3.63, 3.8) is 0 Å². The smallest absolute Gasteiger partial charge is 0.156 e. The van der Waals surface area contributed by atoms with Crippen LogP contribution in [-0.2, 0) is 4.79 Å². The molecule has 2 aliphatic rings. The number of fused-ring (bicyclic) bond motifs is 1. The quantitative estimate of drug-likeness (QED) is 0.786. The Balaban J connectivity index is 2.37. The van der Waals surface area contributed by atoms with Crippen LogP contribution < -0.4 is 0 Å². The van der Waals surface area contributed by atoms with E-state index < -0.39 is 5.60 Å². The highest BCUT2D eigenvalue weighted by atomic mass is 16.3. The molecular formula is C15H22O3. The maximum Gasteiger partial charge on any atom is 0.156 e. The van der Waals surface area contributed by atoms with E-state index in [1.807, 2.05) is 12.2 Å². The van der Waals surface area contributed by atoms with Crippen LogP contribution in [0.15, 0.2) is 23.8 Å². The summed E-state index contributed by atoms with van der Waals surface area (Å²) in [6.45, 7) is 5.66. The van der Waals surface area contributed by atoms with Crippen molar-refractivity contribution in [1.29, 1.82) is 0 Å². The second-order valence-corrected chi connectivity index (χ2v) is 6.27. The summed E-state index contributed by atoms with van der Waals surface area (Å²) in [5, 5.41) is 19.5. The van der Waals surface area contributed by atoms with E-state index in [2.05, 4.69) is 13.8 Å². The number of aliphatic hydroxyl groups is 2. The molecule has 0 radical (unpaired) electrons. The Morgan fingerprint density at radius 1 is 1.56 bits per heavy atom. The van der Waals surface area contributed by atoms with Gasteiger partial charge in [0, 0.05) is 12.3 Å². The molecule has 18 heavy (non-hydrogen) atoms. The van der Waals surface area contributed by atoms with Gasteiger partial charge in [0.05, 0.1) is 12.2 Å². The van der Waals surface area contributed by atoms with Crippen LogP contribution in [-0.4, -0.2) is 28.2 Å². The number of carbonyl (C=O) groups is 1. The van der Waals surface area contributed by atoms with Gasteiger partial charge in [-0.15, -0.1) is 0 Å². The van der Waals surface area contributed by atoms with E-state index >= 15 is 0 Å². The zero-order valence-electron chi connectivity index (χ0n) is 11.3. The van der Waals surface area contributed by atoms with Gasteiger partial charge in [-0.3, -0.25) is 4.79 Å². The molecular weight excluding hydrogens is 228 g/mol. The molecule has 0 heterocycles. The average Bonchev–Trinajstić information content (AvgIpc) is 2.30. The molecule has 0 fully saturated rings. The van der Waals surface area contributed by atoms with Crippen LogP contribution in [0.1, 0.15) is 33.6 Å². The maximum atomic E-state index is 11.6. The summed E-state index contributed by atoms with van der Waals surface area (Å²) in [5.74, 6) is 0.388. The van der Waals surface area contributed by atoms with E-state index in [0.717, 1.165) is 12.0 Å². The summed E-state index contributed by atoms with van der Waals surface area (Å²) < 4.78 is 0. The summed E-state index contributed by atoms with van der Waals surface area (Å²) in [5.41, 5.74) is -0.102. The fourth-order valence-corrected chi connectivity index (χ4v) is 3.06. The van der Waals surface area contributed by atoms with Gasteiger partial charge in [-0.2, -0.15) is 0 Å². The molecule has 0 aliphatic heterocycles. The largest absolute Gasteiger partial charge is 0.393 e. The zero-order valence-corrected chi connectivity index (χ0v) is 11.3. The molecule has 3 heteroatoms. The van der Waals surface area contributed by atoms with Gasteiger partial charge >= 0.3 is 0 Å². The number of allylic oxidation sites excluding steroid dienone is 3. The molecule has 4 atom stereocenters. The fourth-order valence-electron chi connectivity index (χ4n) is 3.06. The Morgan fingerprint density at radius 2 is 2.22 bits per heavy atom. The van der Waals surface area contributed by atoms with Crippen molar-refractivity contribution >= 4 is 5.78 Å². The number of carbonyl (C=O) groups excluding carboxylic acids is 1. The van der Waals surface area contributed by atoms with Crippen LogP contribution in [0.4, 0.5) is 0 Å². The van der Waals surface area contributed by atoms with E-state index in [1.165, 1.54) is 0 Å². The van der Waals surface area contributed by atoms with Crippen LogP contribution in [0.5, 0.6) is 0 Å². The summed E-state index contributed by atoms with van der Waals surface area (Å²) in [6, 6.07) is 0. The molecule has 0 aromatic rings. The number of hydrogen-bond acceptors (Lipinski definition) is 3. The lowest BCUT2D eigenvalue weighted by molar-refractivity contribution is -0.117. The van der Waals surface area contributed by atoms with E-state index in [9.17, 15) is 15.0 Å². The minimum atomic E-state index is -1.09. The topological polar surface area (TPSA) is 57.5 Å². The second-order valence-electron chi connectivity index (χ2n) is 6.27. The number of aliphatic hydroxyl groups excluding tert-OH is 1. The van der Waals surface area contributed by atoms with Crippen molar-refractivity contribution in [3.05, 3.63) is 23.8 Å². The fraction of sp³-hybridized carbons (Fsp3) is 0.667. The van der Waals surface area contributed by atoms with Gasteiger partial charge < -0.3 is 10.2 Å². The first-order valence-electron chi connectivity index (χ1n) is 6.56. The molecule has 0 saturated heterocycles. The third-order valence-electron chi connectivity index (χ3n) is 4.84. The SMILES string of the molecule is C[C@@H]1CC(=O)C=C2C=C[C@@H](C(C)(O)CO)C[C@]21C. The van der Waals surface area contributed by atoms with Crippen molar-refractivity contribution in [2.45, 2.75) is 39.2 Å². The third kappa shape index (κ3) is 2.06. The molecule has 0 amide bonds. The lowest BCUT2D eigenvalue weighted by atomic mass is 9.59. The average molecular weight is 250 g/mol. The van der Waals surface area contributed by atoms with Crippen molar-refractivity contribution in [3.8, 4) is 0 Å². The first kappa shape index (κ1) is 13.5. The molecule has 0 saturated carbocycles. The van der Waals surface area contributed by atoms with Crippen LogP contribution in [0.25, 0.3) is 0 Å².